The number of hydrogen-bond acceptors (Lipinski definition) is 6. The van der Waals surface area contributed by atoms with Crippen LogP contribution in [0.4, 0.5) is 3.89 Å². The Balaban J connectivity index is 0.000000329. The fraction of sp³-hybridized carbons (Fsp3) is 0.333. The van der Waals surface area contributed by atoms with Gasteiger partial charge in [-0.2, -0.15) is 8.42 Å². The number of nitro groups is 1. The number of hydrogen-bond donors (Lipinski definition) is 0. The average molecular weight is 501 g/mol. The number of carbonyl (C=O) groups is 2. The van der Waals surface area contributed by atoms with Gasteiger partial charge in [-0.25, -0.2) is 0 Å². The minimum absolute atomic E-state index is 0.00185. The first-order valence-electron chi connectivity index (χ1n) is 8.43. The van der Waals surface area contributed by atoms with E-state index in [1.165, 1.54) is 25.1 Å². The lowest BCUT2D eigenvalue weighted by Gasteiger charge is -2.17. The van der Waals surface area contributed by atoms with Crippen molar-refractivity contribution in [3.8, 4) is 0 Å². The van der Waals surface area contributed by atoms with E-state index in [9.17, 15) is 32.0 Å². The molecule has 1 unspecified atom stereocenters. The van der Waals surface area contributed by atoms with Crippen molar-refractivity contribution in [3.63, 3.8) is 0 Å². The zero-order chi connectivity index (χ0) is 23.3. The molecule has 0 N–H and O–H groups in total. The zero-order valence-corrected chi connectivity index (χ0v) is 18.9. The molecule has 2 aromatic rings. The molecule has 1 atom stereocenters. The molecular weight excluding hydrogens is 484 g/mol. The molecule has 0 fully saturated rings. The molecule has 2 aromatic carbocycles. The molecule has 12 heteroatoms. The predicted molar refractivity (Wildman–Crippen MR) is 113 cm³/mol. The summed E-state index contributed by atoms with van der Waals surface area (Å²) in [5.74, 6) is 0. The van der Waals surface area contributed by atoms with Crippen LogP contribution in [0.15, 0.2) is 35.2 Å². The van der Waals surface area contributed by atoms with E-state index < -0.39 is 31.1 Å². The van der Waals surface area contributed by atoms with E-state index in [2.05, 4.69) is 0 Å². The molecular formula is C18H17Cl3FNO6S. The van der Waals surface area contributed by atoms with Crippen molar-refractivity contribution < 1.29 is 26.8 Å². The summed E-state index contributed by atoms with van der Waals surface area (Å²) in [5.41, 5.74) is -1.25. The normalized spacial score (nSPS) is 13.1. The van der Waals surface area contributed by atoms with Gasteiger partial charge < -0.3 is 0 Å². The summed E-state index contributed by atoms with van der Waals surface area (Å²) in [6.07, 6.45) is 0.676. The van der Waals surface area contributed by atoms with Gasteiger partial charge in [-0.3, -0.25) is 19.7 Å². The molecule has 2 rings (SSSR count). The molecule has 0 aromatic heterocycles. The molecule has 0 spiro atoms. The van der Waals surface area contributed by atoms with Gasteiger partial charge in [-0.15, -0.1) is 3.89 Å². The molecule has 7 nitrogen and oxygen atoms in total. The van der Waals surface area contributed by atoms with Crippen LogP contribution in [-0.2, 0) is 15.0 Å². The van der Waals surface area contributed by atoms with Crippen molar-refractivity contribution in [1.82, 2.24) is 0 Å². The van der Waals surface area contributed by atoms with E-state index in [-0.39, 0.29) is 39.1 Å². The number of halogens is 4. The van der Waals surface area contributed by atoms with Crippen molar-refractivity contribution in [2.24, 2.45) is 0 Å². The molecule has 30 heavy (non-hydrogen) atoms. The Morgan fingerprint density at radius 1 is 1.20 bits per heavy atom. The van der Waals surface area contributed by atoms with Gasteiger partial charge in [0.1, 0.15) is 4.90 Å². The summed E-state index contributed by atoms with van der Waals surface area (Å²) >= 11 is 16.3. The first kappa shape index (κ1) is 26.2. The highest BCUT2D eigenvalue weighted by Gasteiger charge is 2.34. The highest BCUT2D eigenvalue weighted by atomic mass is 35.5. The van der Waals surface area contributed by atoms with E-state index in [1.807, 2.05) is 0 Å². The Bertz CT molecular complexity index is 1090. The molecule has 0 heterocycles. The Morgan fingerprint density at radius 2 is 1.73 bits per heavy atom. The van der Waals surface area contributed by atoms with Crippen LogP contribution in [0, 0.1) is 10.1 Å². The lowest BCUT2D eigenvalue weighted by Crippen LogP contribution is -2.34. The molecule has 0 saturated carbocycles. The van der Waals surface area contributed by atoms with Crippen molar-refractivity contribution >= 4 is 66.3 Å². The van der Waals surface area contributed by atoms with Gasteiger partial charge in [0.15, 0.2) is 0 Å². The summed E-state index contributed by atoms with van der Waals surface area (Å²) < 4.78 is 35.3. The first-order chi connectivity index (χ1) is 13.7. The molecule has 0 aliphatic rings. The van der Waals surface area contributed by atoms with Gasteiger partial charge >= 0.3 is 10.2 Å². The second-order valence-corrected chi connectivity index (χ2v) is 8.91. The van der Waals surface area contributed by atoms with E-state index in [0.29, 0.717) is 6.42 Å². The van der Waals surface area contributed by atoms with Crippen molar-refractivity contribution in [1.29, 1.82) is 0 Å². The largest absolute Gasteiger partial charge is 0.332 e. The van der Waals surface area contributed by atoms with Crippen LogP contribution in [0.3, 0.4) is 0 Å². The standard InChI is InChI=1S/C11H5Cl2FO3S.C7H12ClNO3/c12-10-7-4-2-1-3-6(7)9(18(14,16)17)5-8(10)11(13)15;1-3-7(2,9(11)12)5-4-6(8)10/h1-5H;3-5H2,1-2H3. The van der Waals surface area contributed by atoms with Crippen LogP contribution in [0.5, 0.6) is 0 Å². The van der Waals surface area contributed by atoms with E-state index in [4.69, 9.17) is 34.8 Å². The summed E-state index contributed by atoms with van der Waals surface area (Å²) in [5, 5.41) is 9.40. The molecule has 164 valence electrons. The summed E-state index contributed by atoms with van der Waals surface area (Å²) in [6, 6.07) is 6.85. The maximum atomic E-state index is 13.2. The van der Waals surface area contributed by atoms with Crippen LogP contribution >= 0.6 is 34.8 Å². The minimum Gasteiger partial charge on any atom is -0.281 e. The van der Waals surface area contributed by atoms with Crippen molar-refractivity contribution in [3.05, 3.63) is 51.0 Å². The maximum Gasteiger partial charge on any atom is 0.332 e. The zero-order valence-electron chi connectivity index (χ0n) is 15.8. The van der Waals surface area contributed by atoms with Gasteiger partial charge in [0, 0.05) is 41.9 Å². The smallest absolute Gasteiger partial charge is 0.281 e. The van der Waals surface area contributed by atoms with Crippen LogP contribution < -0.4 is 0 Å². The van der Waals surface area contributed by atoms with Crippen LogP contribution in [0.2, 0.25) is 5.02 Å². The number of rotatable bonds is 7. The topological polar surface area (TPSA) is 111 Å². The molecule has 0 radical (unpaired) electrons. The third kappa shape index (κ3) is 6.60. The fourth-order valence-corrected chi connectivity index (χ4v) is 3.71. The summed E-state index contributed by atoms with van der Waals surface area (Å²) in [6.45, 7) is 3.24. The Morgan fingerprint density at radius 3 is 2.13 bits per heavy atom. The molecule has 0 aliphatic heterocycles. The SMILES string of the molecule is CCC(C)(CCC(=O)Cl)[N+](=O)[O-].O=C(Cl)c1cc(S(=O)(=O)F)c2ccccc2c1Cl. The second kappa shape index (κ2) is 10.5. The van der Waals surface area contributed by atoms with Gasteiger partial charge in [0.2, 0.25) is 10.8 Å². The Hall–Kier alpha value is -1.81. The first-order valence-corrected chi connectivity index (χ1v) is 10.9. The van der Waals surface area contributed by atoms with Gasteiger partial charge in [0.05, 0.1) is 10.6 Å². The number of fused-ring (bicyclic) bond motifs is 1. The van der Waals surface area contributed by atoms with E-state index in [1.54, 1.807) is 13.0 Å². The highest BCUT2D eigenvalue weighted by Crippen LogP contribution is 2.34. The van der Waals surface area contributed by atoms with E-state index >= 15 is 0 Å². The van der Waals surface area contributed by atoms with Crippen molar-refractivity contribution in [2.75, 3.05) is 0 Å². The Labute approximate surface area is 187 Å². The summed E-state index contributed by atoms with van der Waals surface area (Å²) in [7, 11) is -4.97. The van der Waals surface area contributed by atoms with Crippen LogP contribution in [0.25, 0.3) is 10.8 Å². The van der Waals surface area contributed by atoms with Gasteiger partial charge in [0.25, 0.3) is 5.24 Å². The van der Waals surface area contributed by atoms with Gasteiger partial charge in [-0.1, -0.05) is 42.8 Å². The average Bonchev–Trinajstić information content (AvgIpc) is 2.65. The molecule has 0 saturated heterocycles. The quantitative estimate of drug-likeness (QED) is 0.281. The molecule has 0 aliphatic carbocycles. The highest BCUT2D eigenvalue weighted by molar-refractivity contribution is 7.86. The fourth-order valence-electron chi connectivity index (χ4n) is 2.42. The third-order valence-electron chi connectivity index (χ3n) is 4.48. The Kier molecular flexibility index (Phi) is 9.16. The maximum absolute atomic E-state index is 13.2. The molecule has 0 bridgehead atoms. The van der Waals surface area contributed by atoms with Gasteiger partial charge in [-0.05, 0) is 29.3 Å². The summed E-state index contributed by atoms with van der Waals surface area (Å²) in [4.78, 5) is 31.1. The monoisotopic (exact) mass is 499 g/mol. The predicted octanol–water partition coefficient (Wildman–Crippen LogP) is 5.51. The van der Waals surface area contributed by atoms with E-state index in [0.717, 1.165) is 6.07 Å². The third-order valence-corrected chi connectivity index (χ3v) is 6.14. The van der Waals surface area contributed by atoms with Crippen molar-refractivity contribution in [2.45, 2.75) is 43.5 Å². The number of benzene rings is 2. The number of nitrogens with zero attached hydrogens (tertiary/aromatic N) is 1. The van der Waals surface area contributed by atoms with Crippen LogP contribution in [-0.4, -0.2) is 29.4 Å². The lowest BCUT2D eigenvalue weighted by molar-refractivity contribution is -0.566. The molecule has 0 amide bonds. The lowest BCUT2D eigenvalue weighted by atomic mass is 9.94. The number of carbonyl (C=O) groups excluding carboxylic acids is 2. The van der Waals surface area contributed by atoms with Crippen LogP contribution in [0.1, 0.15) is 43.5 Å². The minimum atomic E-state index is -4.97. The second-order valence-electron chi connectivity index (χ2n) is 6.46.